The summed E-state index contributed by atoms with van der Waals surface area (Å²) in [6, 6.07) is 9.79. The van der Waals surface area contributed by atoms with Gasteiger partial charge in [0.2, 0.25) is 0 Å². The zero-order valence-electron chi connectivity index (χ0n) is 12.0. The van der Waals surface area contributed by atoms with E-state index in [0.717, 1.165) is 36.0 Å². The second kappa shape index (κ2) is 4.98. The van der Waals surface area contributed by atoms with E-state index in [4.69, 9.17) is 0 Å². The third-order valence-electron chi connectivity index (χ3n) is 4.62. The largest absolute Gasteiger partial charge is 0.316 e. The minimum Gasteiger partial charge on any atom is -0.316 e. The Labute approximate surface area is 119 Å². The minimum absolute atomic E-state index is 0.238. The second-order valence-corrected chi connectivity index (χ2v) is 5.95. The van der Waals surface area contributed by atoms with Crippen LogP contribution in [0.3, 0.4) is 0 Å². The van der Waals surface area contributed by atoms with Crippen molar-refractivity contribution in [2.75, 3.05) is 13.1 Å². The zero-order valence-corrected chi connectivity index (χ0v) is 12.0. The third kappa shape index (κ3) is 1.93. The van der Waals surface area contributed by atoms with E-state index >= 15 is 0 Å². The predicted molar refractivity (Wildman–Crippen MR) is 80.8 cm³/mol. The molecular formula is C17H20N2O. The molecule has 20 heavy (non-hydrogen) atoms. The number of carbonyl (C=O) groups excluding carboxylic acids is 1. The maximum absolute atomic E-state index is 13.1. The molecule has 2 heterocycles. The van der Waals surface area contributed by atoms with Gasteiger partial charge in [0, 0.05) is 29.1 Å². The second-order valence-electron chi connectivity index (χ2n) is 5.95. The molecule has 0 bridgehead atoms. The van der Waals surface area contributed by atoms with Gasteiger partial charge in [0.25, 0.3) is 0 Å². The van der Waals surface area contributed by atoms with Gasteiger partial charge >= 0.3 is 0 Å². The lowest BCUT2D eigenvalue weighted by Gasteiger charge is -2.31. The molecule has 1 aromatic heterocycles. The molecule has 2 aromatic rings. The number of benzene rings is 1. The van der Waals surface area contributed by atoms with E-state index in [1.54, 1.807) is 6.20 Å². The first-order valence-corrected chi connectivity index (χ1v) is 7.24. The third-order valence-corrected chi connectivity index (χ3v) is 4.62. The molecule has 1 unspecified atom stereocenters. The summed E-state index contributed by atoms with van der Waals surface area (Å²) in [4.78, 5) is 17.6. The number of fused-ring (bicyclic) bond motifs is 1. The van der Waals surface area contributed by atoms with Crippen LogP contribution in [-0.2, 0) is 0 Å². The minimum atomic E-state index is -0.286. The first-order valence-electron chi connectivity index (χ1n) is 7.24. The number of Topliss-reactive ketones (excluding diaryl/α,β-unsaturated/α-hetero) is 1. The molecular weight excluding hydrogens is 248 g/mol. The molecule has 0 amide bonds. The van der Waals surface area contributed by atoms with Crippen molar-refractivity contribution >= 4 is 16.7 Å². The summed E-state index contributed by atoms with van der Waals surface area (Å²) in [6.07, 6.45) is 2.67. The van der Waals surface area contributed by atoms with Gasteiger partial charge in [-0.2, -0.15) is 0 Å². The summed E-state index contributed by atoms with van der Waals surface area (Å²) >= 11 is 0. The lowest BCUT2D eigenvalue weighted by atomic mass is 9.71. The average molecular weight is 268 g/mol. The predicted octanol–water partition coefficient (Wildman–Crippen LogP) is 3.05. The number of ketones is 1. The van der Waals surface area contributed by atoms with Crippen LogP contribution in [0.15, 0.2) is 36.5 Å². The molecule has 3 heteroatoms. The number of carbonyl (C=O) groups is 1. The van der Waals surface area contributed by atoms with Gasteiger partial charge in [0.05, 0.1) is 5.52 Å². The van der Waals surface area contributed by atoms with Crippen molar-refractivity contribution < 1.29 is 4.79 Å². The Morgan fingerprint density at radius 1 is 1.30 bits per heavy atom. The van der Waals surface area contributed by atoms with E-state index in [2.05, 4.69) is 24.1 Å². The van der Waals surface area contributed by atoms with Gasteiger partial charge in [-0.15, -0.1) is 0 Å². The standard InChI is InChI=1S/C17H20N2O/c1-12(2)17(8-10-18-11-17)16(20)14-7-3-5-13-6-4-9-19-15(13)14/h3-7,9,12,18H,8,10-11H2,1-2H3. The van der Waals surface area contributed by atoms with Crippen LogP contribution in [0.4, 0.5) is 0 Å². The summed E-state index contributed by atoms with van der Waals surface area (Å²) in [5, 5.41) is 4.38. The van der Waals surface area contributed by atoms with Crippen LogP contribution in [0.2, 0.25) is 0 Å². The highest BCUT2D eigenvalue weighted by molar-refractivity contribution is 6.09. The molecule has 1 N–H and O–H groups in total. The van der Waals surface area contributed by atoms with E-state index in [1.807, 2.05) is 30.3 Å². The van der Waals surface area contributed by atoms with Crippen LogP contribution in [0.25, 0.3) is 10.9 Å². The number of para-hydroxylation sites is 1. The summed E-state index contributed by atoms with van der Waals surface area (Å²) in [5.41, 5.74) is 1.30. The monoisotopic (exact) mass is 268 g/mol. The topological polar surface area (TPSA) is 42.0 Å². The van der Waals surface area contributed by atoms with Gasteiger partial charge in [-0.3, -0.25) is 9.78 Å². The molecule has 1 aliphatic heterocycles. The molecule has 0 spiro atoms. The fraction of sp³-hybridized carbons (Fsp3) is 0.412. The average Bonchev–Trinajstić information content (AvgIpc) is 2.97. The molecule has 1 atom stereocenters. The quantitative estimate of drug-likeness (QED) is 0.870. The van der Waals surface area contributed by atoms with Crippen LogP contribution >= 0.6 is 0 Å². The van der Waals surface area contributed by atoms with Crippen LogP contribution < -0.4 is 5.32 Å². The maximum Gasteiger partial charge on any atom is 0.172 e. The van der Waals surface area contributed by atoms with Crippen molar-refractivity contribution in [3.05, 3.63) is 42.1 Å². The van der Waals surface area contributed by atoms with Crippen molar-refractivity contribution in [1.29, 1.82) is 0 Å². The SMILES string of the molecule is CC(C)C1(C(=O)c2cccc3cccnc23)CCNC1. The number of aromatic nitrogens is 1. The fourth-order valence-electron chi connectivity index (χ4n) is 3.22. The summed E-state index contributed by atoms with van der Waals surface area (Å²) in [7, 11) is 0. The van der Waals surface area contributed by atoms with Crippen LogP contribution in [0, 0.1) is 11.3 Å². The number of pyridine rings is 1. The zero-order chi connectivity index (χ0) is 14.2. The first-order chi connectivity index (χ1) is 9.65. The Kier molecular flexibility index (Phi) is 3.30. The number of nitrogens with zero attached hydrogens (tertiary/aromatic N) is 1. The Bertz CT molecular complexity index is 637. The molecule has 0 radical (unpaired) electrons. The Morgan fingerprint density at radius 3 is 2.80 bits per heavy atom. The Balaban J connectivity index is 2.13. The van der Waals surface area contributed by atoms with E-state index in [1.165, 1.54) is 0 Å². The van der Waals surface area contributed by atoms with Crippen molar-refractivity contribution in [3.63, 3.8) is 0 Å². The molecule has 0 aliphatic carbocycles. The van der Waals surface area contributed by atoms with Crippen molar-refractivity contribution in [2.24, 2.45) is 11.3 Å². The van der Waals surface area contributed by atoms with Crippen LogP contribution in [0.1, 0.15) is 30.6 Å². The first kappa shape index (κ1) is 13.3. The van der Waals surface area contributed by atoms with Crippen molar-refractivity contribution in [3.8, 4) is 0 Å². The summed E-state index contributed by atoms with van der Waals surface area (Å²) < 4.78 is 0. The normalized spacial score (nSPS) is 22.6. The molecule has 3 rings (SSSR count). The number of rotatable bonds is 3. The molecule has 3 nitrogen and oxygen atoms in total. The summed E-state index contributed by atoms with van der Waals surface area (Å²) in [6.45, 7) is 5.97. The molecule has 1 fully saturated rings. The van der Waals surface area contributed by atoms with Gasteiger partial charge in [-0.1, -0.05) is 32.0 Å². The van der Waals surface area contributed by atoms with Crippen molar-refractivity contribution in [2.45, 2.75) is 20.3 Å². The number of hydrogen-bond acceptors (Lipinski definition) is 3. The maximum atomic E-state index is 13.1. The molecule has 104 valence electrons. The van der Waals surface area contributed by atoms with E-state index < -0.39 is 0 Å². The summed E-state index contributed by atoms with van der Waals surface area (Å²) in [5.74, 6) is 0.561. The van der Waals surface area contributed by atoms with Gasteiger partial charge in [-0.05, 0) is 31.0 Å². The Hall–Kier alpha value is -1.74. The lowest BCUT2D eigenvalue weighted by Crippen LogP contribution is -2.38. The van der Waals surface area contributed by atoms with E-state index in [0.29, 0.717) is 5.92 Å². The van der Waals surface area contributed by atoms with Gasteiger partial charge in [0.1, 0.15) is 0 Å². The molecule has 1 aromatic carbocycles. The van der Waals surface area contributed by atoms with Crippen LogP contribution in [-0.4, -0.2) is 23.9 Å². The highest BCUT2D eigenvalue weighted by Crippen LogP contribution is 2.38. The van der Waals surface area contributed by atoms with Gasteiger partial charge in [-0.25, -0.2) is 0 Å². The molecule has 0 saturated carbocycles. The van der Waals surface area contributed by atoms with Gasteiger partial charge in [0.15, 0.2) is 5.78 Å². The Morgan fingerprint density at radius 2 is 2.10 bits per heavy atom. The number of nitrogens with one attached hydrogen (secondary N) is 1. The highest BCUT2D eigenvalue weighted by Gasteiger charge is 2.44. The highest BCUT2D eigenvalue weighted by atomic mass is 16.1. The van der Waals surface area contributed by atoms with Crippen LogP contribution in [0.5, 0.6) is 0 Å². The lowest BCUT2D eigenvalue weighted by molar-refractivity contribution is 0.0741. The molecule has 1 saturated heterocycles. The fourth-order valence-corrected chi connectivity index (χ4v) is 3.22. The van der Waals surface area contributed by atoms with E-state index in [-0.39, 0.29) is 11.2 Å². The smallest absolute Gasteiger partial charge is 0.172 e. The number of hydrogen-bond donors (Lipinski definition) is 1. The van der Waals surface area contributed by atoms with Gasteiger partial charge < -0.3 is 5.32 Å². The van der Waals surface area contributed by atoms with E-state index in [9.17, 15) is 4.79 Å². The molecule has 1 aliphatic rings. The van der Waals surface area contributed by atoms with Crippen molar-refractivity contribution in [1.82, 2.24) is 10.3 Å².